The van der Waals surface area contributed by atoms with Gasteiger partial charge in [0.2, 0.25) is 5.82 Å². The predicted octanol–water partition coefficient (Wildman–Crippen LogP) is 1.63. The number of aromatic amines is 1. The maximum atomic E-state index is 13.1. The number of H-pyrrole nitrogens is 1. The summed E-state index contributed by atoms with van der Waals surface area (Å²) >= 11 is 0. The molecule has 2 aromatic heterocycles. The van der Waals surface area contributed by atoms with Crippen LogP contribution in [-0.4, -0.2) is 56.7 Å². The van der Waals surface area contributed by atoms with E-state index < -0.39 is 11.9 Å². The molecule has 0 radical (unpaired) electrons. The fraction of sp³-hybridized carbons (Fsp3) is 0.182. The van der Waals surface area contributed by atoms with Crippen LogP contribution >= 0.6 is 0 Å². The number of benzene rings is 2. The van der Waals surface area contributed by atoms with Crippen LogP contribution < -0.4 is 15.0 Å². The number of nitrogens with zero attached hydrogens (tertiary/aromatic N) is 5. The van der Waals surface area contributed by atoms with E-state index in [2.05, 4.69) is 30.5 Å². The van der Waals surface area contributed by atoms with Crippen molar-refractivity contribution >= 4 is 28.5 Å². The molecule has 0 saturated heterocycles. The lowest BCUT2D eigenvalue weighted by Crippen LogP contribution is -2.49. The number of carbonyl (C=O) groups is 2. The molecule has 0 aliphatic carbocycles. The Hall–Kier alpha value is -4.41. The van der Waals surface area contributed by atoms with Gasteiger partial charge in [-0.05, 0) is 23.8 Å². The number of rotatable bonds is 4. The summed E-state index contributed by atoms with van der Waals surface area (Å²) in [4.78, 5) is 39.8. The first-order chi connectivity index (χ1) is 16.0. The largest absolute Gasteiger partial charge is 0.489 e. The molecule has 3 heterocycles. The third-order valence-corrected chi connectivity index (χ3v) is 5.27. The predicted molar refractivity (Wildman–Crippen MR) is 115 cm³/mol. The van der Waals surface area contributed by atoms with Crippen LogP contribution in [0.5, 0.6) is 5.75 Å². The molecule has 0 unspecified atom stereocenters. The van der Waals surface area contributed by atoms with Gasteiger partial charge >= 0.3 is 0 Å². The number of halogens is 1. The minimum Gasteiger partial charge on any atom is -0.489 e. The van der Waals surface area contributed by atoms with Gasteiger partial charge in [0.1, 0.15) is 30.0 Å². The molecule has 4 aromatic rings. The van der Waals surface area contributed by atoms with Gasteiger partial charge in [0, 0.05) is 31.9 Å². The standard InChI is InChI=1S/C22H18FN7O3/c1-30-17-9-14-15(25-7-6-24-14)10-18(17)33-11-16(22(30)32)26-21(31)20-27-19(28-29-20)8-12-2-4-13(23)5-3-12/h2-7,9-10,16H,8,11H2,1H3,(H,26,31)(H,27,28,29)/t16-/m0/s1. The fourth-order valence-corrected chi connectivity index (χ4v) is 3.55. The molecule has 2 aromatic carbocycles. The number of aromatic nitrogens is 5. The van der Waals surface area contributed by atoms with Gasteiger partial charge in [0.25, 0.3) is 11.8 Å². The molecule has 1 aliphatic rings. The minimum absolute atomic E-state index is 0.0689. The van der Waals surface area contributed by atoms with Crippen molar-refractivity contribution in [2.75, 3.05) is 18.6 Å². The van der Waals surface area contributed by atoms with Gasteiger partial charge < -0.3 is 15.0 Å². The van der Waals surface area contributed by atoms with Gasteiger partial charge in [0.05, 0.1) is 16.7 Å². The summed E-state index contributed by atoms with van der Waals surface area (Å²) in [5, 5.41) is 9.27. The normalized spacial score (nSPS) is 15.6. The van der Waals surface area contributed by atoms with E-state index in [9.17, 15) is 14.0 Å². The van der Waals surface area contributed by atoms with Gasteiger partial charge in [-0.15, -0.1) is 5.10 Å². The van der Waals surface area contributed by atoms with Gasteiger partial charge in [-0.25, -0.2) is 9.37 Å². The molecule has 1 aliphatic heterocycles. The van der Waals surface area contributed by atoms with Crippen molar-refractivity contribution in [3.63, 3.8) is 0 Å². The second kappa shape index (κ2) is 8.26. The Balaban J connectivity index is 1.30. The van der Waals surface area contributed by atoms with Gasteiger partial charge in [-0.1, -0.05) is 12.1 Å². The molecule has 2 amide bonds. The monoisotopic (exact) mass is 447 g/mol. The molecule has 0 fully saturated rings. The van der Waals surface area contributed by atoms with E-state index in [0.29, 0.717) is 34.7 Å². The summed E-state index contributed by atoms with van der Waals surface area (Å²) < 4.78 is 18.9. The number of hydrogen-bond acceptors (Lipinski definition) is 7. The van der Waals surface area contributed by atoms with Gasteiger partial charge in [0.15, 0.2) is 0 Å². The van der Waals surface area contributed by atoms with E-state index in [1.807, 2.05) is 0 Å². The molecule has 0 bridgehead atoms. The summed E-state index contributed by atoms with van der Waals surface area (Å²) in [6.07, 6.45) is 3.49. The molecule has 2 N–H and O–H groups in total. The lowest BCUT2D eigenvalue weighted by atomic mass is 10.1. The summed E-state index contributed by atoms with van der Waals surface area (Å²) in [5.74, 6) is -0.511. The number of anilines is 1. The van der Waals surface area contributed by atoms with E-state index in [4.69, 9.17) is 4.74 Å². The molecule has 10 nitrogen and oxygen atoms in total. The average Bonchev–Trinajstić information content (AvgIpc) is 3.26. The first-order valence-corrected chi connectivity index (χ1v) is 10.1. The molecule has 1 atom stereocenters. The van der Waals surface area contributed by atoms with E-state index in [1.165, 1.54) is 17.0 Å². The molecule has 5 rings (SSSR count). The Morgan fingerprint density at radius 1 is 1.21 bits per heavy atom. The third kappa shape index (κ3) is 4.07. The van der Waals surface area contributed by atoms with E-state index in [-0.39, 0.29) is 24.2 Å². The molecule has 166 valence electrons. The zero-order valence-electron chi connectivity index (χ0n) is 17.4. The second-order valence-electron chi connectivity index (χ2n) is 7.51. The zero-order chi connectivity index (χ0) is 22.9. The van der Waals surface area contributed by atoms with Crippen LogP contribution in [0.4, 0.5) is 10.1 Å². The Labute approximate surface area is 186 Å². The number of amides is 2. The van der Waals surface area contributed by atoms with E-state index in [0.717, 1.165) is 5.56 Å². The number of nitrogens with one attached hydrogen (secondary N) is 2. The topological polar surface area (TPSA) is 126 Å². The summed E-state index contributed by atoms with van der Waals surface area (Å²) in [5.41, 5.74) is 2.59. The van der Waals surface area contributed by atoms with Crippen LogP contribution in [0.1, 0.15) is 22.0 Å². The van der Waals surface area contributed by atoms with Crippen LogP contribution in [0, 0.1) is 5.82 Å². The Morgan fingerprint density at radius 3 is 2.70 bits per heavy atom. The Morgan fingerprint density at radius 2 is 1.94 bits per heavy atom. The molecule has 11 heteroatoms. The molecule has 0 spiro atoms. The highest BCUT2D eigenvalue weighted by Crippen LogP contribution is 2.33. The fourth-order valence-electron chi connectivity index (χ4n) is 3.55. The van der Waals surface area contributed by atoms with Crippen LogP contribution in [0.25, 0.3) is 11.0 Å². The maximum Gasteiger partial charge on any atom is 0.291 e. The molecular weight excluding hydrogens is 429 g/mol. The Kier molecular flexibility index (Phi) is 5.13. The number of ether oxygens (including phenoxy) is 1. The van der Waals surface area contributed by atoms with E-state index >= 15 is 0 Å². The summed E-state index contributed by atoms with van der Waals surface area (Å²) in [6, 6.07) is 8.43. The van der Waals surface area contributed by atoms with Crippen molar-refractivity contribution in [1.29, 1.82) is 0 Å². The van der Waals surface area contributed by atoms with Crippen molar-refractivity contribution in [2.45, 2.75) is 12.5 Å². The summed E-state index contributed by atoms with van der Waals surface area (Å²) in [7, 11) is 1.60. The Bertz CT molecular complexity index is 1360. The first kappa shape index (κ1) is 20.5. The van der Waals surface area contributed by atoms with Gasteiger partial charge in [-0.3, -0.25) is 24.7 Å². The van der Waals surface area contributed by atoms with Crippen molar-refractivity contribution in [1.82, 2.24) is 30.5 Å². The lowest BCUT2D eigenvalue weighted by Gasteiger charge is -2.20. The number of likely N-dealkylation sites (N-methyl/N-ethyl adjacent to an activating group) is 1. The van der Waals surface area contributed by atoms with Crippen LogP contribution in [0.3, 0.4) is 0 Å². The van der Waals surface area contributed by atoms with Crippen LogP contribution in [0.15, 0.2) is 48.8 Å². The van der Waals surface area contributed by atoms with Crippen LogP contribution in [0.2, 0.25) is 0 Å². The number of hydrogen-bond donors (Lipinski definition) is 2. The van der Waals surface area contributed by atoms with Crippen molar-refractivity contribution in [3.05, 3.63) is 71.8 Å². The zero-order valence-corrected chi connectivity index (χ0v) is 17.4. The third-order valence-electron chi connectivity index (χ3n) is 5.27. The SMILES string of the molecule is CN1C(=O)[C@@H](NC(=O)c2n[nH]c(Cc3ccc(F)cc3)n2)COc2cc3nccnc3cc21. The maximum absolute atomic E-state index is 13.1. The quantitative estimate of drug-likeness (QED) is 0.487. The first-order valence-electron chi connectivity index (χ1n) is 10.1. The highest BCUT2D eigenvalue weighted by atomic mass is 19.1. The lowest BCUT2D eigenvalue weighted by molar-refractivity contribution is -0.120. The average molecular weight is 447 g/mol. The smallest absolute Gasteiger partial charge is 0.291 e. The minimum atomic E-state index is -0.946. The van der Waals surface area contributed by atoms with Crippen LogP contribution in [-0.2, 0) is 11.2 Å². The van der Waals surface area contributed by atoms with Crippen molar-refractivity contribution in [2.24, 2.45) is 0 Å². The molecule has 0 saturated carbocycles. The van der Waals surface area contributed by atoms with Gasteiger partial charge in [-0.2, -0.15) is 0 Å². The molecule has 33 heavy (non-hydrogen) atoms. The molecular formula is C22H18FN7O3. The summed E-state index contributed by atoms with van der Waals surface area (Å²) in [6.45, 7) is -0.0689. The second-order valence-corrected chi connectivity index (χ2v) is 7.51. The van der Waals surface area contributed by atoms with E-state index in [1.54, 1.807) is 43.7 Å². The number of carbonyl (C=O) groups excluding carboxylic acids is 2. The number of fused-ring (bicyclic) bond motifs is 2. The van der Waals surface area contributed by atoms with Crippen molar-refractivity contribution < 1.29 is 18.7 Å². The highest BCUT2D eigenvalue weighted by molar-refractivity contribution is 6.03. The van der Waals surface area contributed by atoms with Crippen molar-refractivity contribution in [3.8, 4) is 5.75 Å². The highest BCUT2D eigenvalue weighted by Gasteiger charge is 2.32.